The molecule has 0 aliphatic rings. The summed E-state index contributed by atoms with van der Waals surface area (Å²) < 4.78 is 0. The van der Waals surface area contributed by atoms with Crippen molar-refractivity contribution in [2.45, 2.75) is 33.1 Å². The minimum absolute atomic E-state index is 0.0122. The summed E-state index contributed by atoms with van der Waals surface area (Å²) in [6.45, 7) is 8.29. The average Bonchev–Trinajstić information content (AvgIpc) is 2.07. The first-order valence-electron chi connectivity index (χ1n) is 4.91. The third-order valence-electron chi connectivity index (χ3n) is 2.19. The molecule has 76 valence electrons. The van der Waals surface area contributed by atoms with Crippen molar-refractivity contribution in [1.29, 1.82) is 0 Å². The molecule has 0 aliphatic carbocycles. The van der Waals surface area contributed by atoms with Gasteiger partial charge in [0.1, 0.15) is 5.75 Å². The largest absolute Gasteiger partial charge is 0.508 e. The van der Waals surface area contributed by atoms with Crippen molar-refractivity contribution >= 4 is 6.08 Å². The van der Waals surface area contributed by atoms with E-state index in [1.54, 1.807) is 6.07 Å². The number of hydrogen-bond donors (Lipinski definition) is 1. The lowest BCUT2D eigenvalue weighted by molar-refractivity contribution is 0.446. The van der Waals surface area contributed by atoms with Gasteiger partial charge in [0.15, 0.2) is 0 Å². The molecule has 1 N–H and O–H groups in total. The van der Waals surface area contributed by atoms with Gasteiger partial charge in [-0.2, -0.15) is 0 Å². The van der Waals surface area contributed by atoms with Gasteiger partial charge in [-0.1, -0.05) is 39.0 Å². The first-order chi connectivity index (χ1) is 6.45. The van der Waals surface area contributed by atoms with Crippen LogP contribution in [0, 0.1) is 0 Å². The topological polar surface area (TPSA) is 20.2 Å². The Hall–Kier alpha value is -1.24. The van der Waals surface area contributed by atoms with E-state index in [0.29, 0.717) is 5.75 Å². The van der Waals surface area contributed by atoms with E-state index >= 15 is 0 Å². The third kappa shape index (κ3) is 2.38. The van der Waals surface area contributed by atoms with Gasteiger partial charge in [-0.3, -0.25) is 0 Å². The lowest BCUT2D eigenvalue weighted by Crippen LogP contribution is -2.11. The Morgan fingerprint density at radius 1 is 1.21 bits per heavy atom. The lowest BCUT2D eigenvalue weighted by atomic mass is 9.85. The van der Waals surface area contributed by atoms with Crippen LogP contribution in [0.3, 0.4) is 0 Å². The highest BCUT2D eigenvalue weighted by Crippen LogP contribution is 2.31. The molecule has 0 spiro atoms. The molecule has 0 aliphatic heterocycles. The van der Waals surface area contributed by atoms with Gasteiger partial charge in [-0.25, -0.2) is 0 Å². The molecule has 0 radical (unpaired) electrons. The van der Waals surface area contributed by atoms with Gasteiger partial charge in [0.25, 0.3) is 0 Å². The first kappa shape index (κ1) is 10.8. The van der Waals surface area contributed by atoms with Crippen molar-refractivity contribution in [3.05, 3.63) is 35.4 Å². The van der Waals surface area contributed by atoms with Crippen molar-refractivity contribution in [2.75, 3.05) is 0 Å². The lowest BCUT2D eigenvalue weighted by Gasteiger charge is -2.20. The molecule has 1 aromatic rings. The van der Waals surface area contributed by atoms with Gasteiger partial charge in [0.2, 0.25) is 0 Å². The van der Waals surface area contributed by atoms with Crippen LogP contribution in [0.5, 0.6) is 5.75 Å². The molecule has 1 heteroatoms. The molecule has 1 nitrogen and oxygen atoms in total. The van der Waals surface area contributed by atoms with Crippen LogP contribution in [-0.4, -0.2) is 5.11 Å². The van der Waals surface area contributed by atoms with Crippen LogP contribution >= 0.6 is 0 Å². The zero-order chi connectivity index (χ0) is 10.8. The Morgan fingerprint density at radius 2 is 1.86 bits per heavy atom. The summed E-state index contributed by atoms with van der Waals surface area (Å²) in [6.07, 6.45) is 4.04. The maximum absolute atomic E-state index is 9.71. The molecule has 1 rings (SSSR count). The highest BCUT2D eigenvalue weighted by molar-refractivity contribution is 5.54. The van der Waals surface area contributed by atoms with E-state index < -0.39 is 0 Å². The van der Waals surface area contributed by atoms with Crippen molar-refractivity contribution in [3.63, 3.8) is 0 Å². The van der Waals surface area contributed by atoms with Crippen LogP contribution in [0.15, 0.2) is 24.3 Å². The Kier molecular flexibility index (Phi) is 3.00. The van der Waals surface area contributed by atoms with Crippen molar-refractivity contribution in [1.82, 2.24) is 0 Å². The van der Waals surface area contributed by atoms with Crippen LogP contribution < -0.4 is 0 Å². The first-order valence-corrected chi connectivity index (χ1v) is 4.91. The summed E-state index contributed by atoms with van der Waals surface area (Å²) in [4.78, 5) is 0. The molecule has 14 heavy (non-hydrogen) atoms. The van der Waals surface area contributed by atoms with Gasteiger partial charge in [-0.05, 0) is 35.6 Å². The standard InChI is InChI=1S/C13H18O/c1-5-6-10-7-8-12(14)11(9-10)13(2,3)4/h5-9,14H,1-4H3. The van der Waals surface area contributed by atoms with Crippen LogP contribution in [0.4, 0.5) is 0 Å². The quantitative estimate of drug-likeness (QED) is 0.715. The number of aromatic hydroxyl groups is 1. The Labute approximate surface area is 86.1 Å². The highest BCUT2D eigenvalue weighted by atomic mass is 16.3. The molecule has 0 fully saturated rings. The van der Waals surface area contributed by atoms with E-state index in [4.69, 9.17) is 0 Å². The summed E-state index contributed by atoms with van der Waals surface area (Å²) in [5, 5.41) is 9.71. The summed E-state index contributed by atoms with van der Waals surface area (Å²) in [7, 11) is 0. The molecule has 0 aromatic heterocycles. The van der Waals surface area contributed by atoms with Crippen molar-refractivity contribution < 1.29 is 5.11 Å². The molecule has 0 heterocycles. The second-order valence-corrected chi connectivity index (χ2v) is 4.53. The second-order valence-electron chi connectivity index (χ2n) is 4.53. The van der Waals surface area contributed by atoms with Gasteiger partial charge in [0.05, 0.1) is 0 Å². The number of rotatable bonds is 1. The van der Waals surface area contributed by atoms with Gasteiger partial charge < -0.3 is 5.11 Å². The fraction of sp³-hybridized carbons (Fsp3) is 0.385. The SMILES string of the molecule is CC=Cc1ccc(O)c(C(C)(C)C)c1. The van der Waals surface area contributed by atoms with Crippen molar-refractivity contribution in [3.8, 4) is 5.75 Å². The summed E-state index contributed by atoms with van der Waals surface area (Å²) in [6, 6.07) is 5.72. The van der Waals surface area contributed by atoms with E-state index in [1.807, 2.05) is 31.2 Å². The van der Waals surface area contributed by atoms with Gasteiger partial charge in [0, 0.05) is 0 Å². The maximum Gasteiger partial charge on any atom is 0.119 e. The molecule has 0 saturated carbocycles. The number of benzene rings is 1. The molecule has 0 saturated heterocycles. The second kappa shape index (κ2) is 3.87. The van der Waals surface area contributed by atoms with Crippen LogP contribution in [0.1, 0.15) is 38.8 Å². The number of phenolic OH excluding ortho intramolecular Hbond substituents is 1. The van der Waals surface area contributed by atoms with Crippen LogP contribution in [-0.2, 0) is 5.41 Å². The van der Waals surface area contributed by atoms with E-state index in [1.165, 1.54) is 0 Å². The number of allylic oxidation sites excluding steroid dienone is 1. The Morgan fingerprint density at radius 3 is 2.36 bits per heavy atom. The van der Waals surface area contributed by atoms with Crippen LogP contribution in [0.2, 0.25) is 0 Å². The van der Waals surface area contributed by atoms with E-state index in [-0.39, 0.29) is 5.41 Å². The molecule has 0 atom stereocenters. The normalized spacial score (nSPS) is 12.3. The molecule has 0 bridgehead atoms. The average molecular weight is 190 g/mol. The van der Waals surface area contributed by atoms with Crippen molar-refractivity contribution in [2.24, 2.45) is 0 Å². The fourth-order valence-corrected chi connectivity index (χ4v) is 1.45. The summed E-state index contributed by atoms with van der Waals surface area (Å²) >= 11 is 0. The smallest absolute Gasteiger partial charge is 0.119 e. The highest BCUT2D eigenvalue weighted by Gasteiger charge is 2.17. The van der Waals surface area contributed by atoms with Crippen LogP contribution in [0.25, 0.3) is 6.08 Å². The molecule has 0 unspecified atom stereocenters. The van der Waals surface area contributed by atoms with E-state index in [2.05, 4.69) is 20.8 Å². The van der Waals surface area contributed by atoms with E-state index in [9.17, 15) is 5.11 Å². The summed E-state index contributed by atoms with van der Waals surface area (Å²) in [5.74, 6) is 0.380. The molecule has 1 aromatic carbocycles. The summed E-state index contributed by atoms with van der Waals surface area (Å²) in [5.41, 5.74) is 2.12. The number of hydrogen-bond acceptors (Lipinski definition) is 1. The molecular formula is C13H18O. The van der Waals surface area contributed by atoms with Gasteiger partial charge in [-0.15, -0.1) is 0 Å². The predicted molar refractivity (Wildman–Crippen MR) is 61.5 cm³/mol. The zero-order valence-electron chi connectivity index (χ0n) is 9.33. The van der Waals surface area contributed by atoms with Gasteiger partial charge >= 0.3 is 0 Å². The minimum atomic E-state index is -0.0122. The van der Waals surface area contributed by atoms with E-state index in [0.717, 1.165) is 11.1 Å². The predicted octanol–water partition coefficient (Wildman–Crippen LogP) is 3.72. The zero-order valence-corrected chi connectivity index (χ0v) is 9.33. The molecular weight excluding hydrogens is 172 g/mol. The fourth-order valence-electron chi connectivity index (χ4n) is 1.45. The monoisotopic (exact) mass is 190 g/mol. The maximum atomic E-state index is 9.71. The third-order valence-corrected chi connectivity index (χ3v) is 2.19. The Balaban J connectivity index is 3.22. The Bertz CT molecular complexity index is 343. The molecule has 0 amide bonds. The minimum Gasteiger partial charge on any atom is -0.508 e. The number of phenols is 1.